The number of hydrogen-bond acceptors (Lipinski definition) is 2. The van der Waals surface area contributed by atoms with E-state index in [0.717, 1.165) is 0 Å². The molecule has 1 N–H and O–H groups in total. The van der Waals surface area contributed by atoms with E-state index in [9.17, 15) is 4.79 Å². The molecule has 4 heteroatoms. The smallest absolute Gasteiger partial charge is 0.247 e. The van der Waals surface area contributed by atoms with Crippen LogP contribution in [0.2, 0.25) is 0 Å². The summed E-state index contributed by atoms with van der Waals surface area (Å²) in [6.45, 7) is 1.72. The molecule has 0 unspecified atom stereocenters. The van der Waals surface area contributed by atoms with Gasteiger partial charge in [-0.25, -0.2) is 5.48 Å². The molecule has 0 aliphatic carbocycles. The van der Waals surface area contributed by atoms with Crippen molar-refractivity contribution in [3.05, 3.63) is 0 Å². The van der Waals surface area contributed by atoms with Crippen molar-refractivity contribution in [1.82, 2.24) is 5.48 Å². The summed E-state index contributed by atoms with van der Waals surface area (Å²) < 4.78 is 0. The van der Waals surface area contributed by atoms with Crippen molar-refractivity contribution >= 4 is 17.5 Å². The maximum Gasteiger partial charge on any atom is 0.247 e. The number of alkyl halides is 1. The molecule has 0 heterocycles. The molecule has 0 fully saturated rings. The molecule has 0 aliphatic heterocycles. The van der Waals surface area contributed by atoms with Crippen LogP contribution in [0.25, 0.3) is 0 Å². The Morgan fingerprint density at radius 3 is 2.78 bits per heavy atom. The quantitative estimate of drug-likeness (QED) is 0.472. The van der Waals surface area contributed by atoms with Crippen molar-refractivity contribution in [2.75, 3.05) is 13.0 Å². The van der Waals surface area contributed by atoms with Gasteiger partial charge in [0.25, 0.3) is 0 Å². The summed E-state index contributed by atoms with van der Waals surface area (Å²) in [6.07, 6.45) is 0. The monoisotopic (exact) mass is 151 g/mol. The molecule has 9 heavy (non-hydrogen) atoms. The van der Waals surface area contributed by atoms with E-state index in [1.54, 1.807) is 6.92 Å². The lowest BCUT2D eigenvalue weighted by atomic mass is 10.2. The zero-order valence-corrected chi connectivity index (χ0v) is 6.23. The van der Waals surface area contributed by atoms with Crippen LogP contribution in [0.15, 0.2) is 0 Å². The van der Waals surface area contributed by atoms with E-state index in [-0.39, 0.29) is 11.8 Å². The molecular weight excluding hydrogens is 142 g/mol. The lowest BCUT2D eigenvalue weighted by Crippen LogP contribution is -2.28. The maximum absolute atomic E-state index is 10.7. The largest absolute Gasteiger partial charge is 0.277 e. The molecule has 3 nitrogen and oxygen atoms in total. The van der Waals surface area contributed by atoms with Gasteiger partial charge in [0.05, 0.1) is 13.0 Å². The minimum absolute atomic E-state index is 0.187. The Balaban J connectivity index is 3.46. The minimum atomic E-state index is -0.188. The van der Waals surface area contributed by atoms with Crippen molar-refractivity contribution in [2.24, 2.45) is 5.92 Å². The number of carbonyl (C=O) groups is 1. The second-order valence-corrected chi connectivity index (χ2v) is 2.03. The van der Waals surface area contributed by atoms with Crippen LogP contribution in [-0.4, -0.2) is 18.9 Å². The van der Waals surface area contributed by atoms with E-state index >= 15 is 0 Å². The van der Waals surface area contributed by atoms with E-state index in [1.807, 2.05) is 0 Å². The Kier molecular flexibility index (Phi) is 4.44. The topological polar surface area (TPSA) is 38.3 Å². The third-order valence-corrected chi connectivity index (χ3v) is 1.34. The molecule has 1 atom stereocenters. The number of rotatable bonds is 3. The summed E-state index contributed by atoms with van der Waals surface area (Å²) >= 11 is 5.37. The van der Waals surface area contributed by atoms with Gasteiger partial charge in [0.2, 0.25) is 5.91 Å². The maximum atomic E-state index is 10.7. The Hall–Kier alpha value is -0.280. The molecule has 0 radical (unpaired) electrons. The van der Waals surface area contributed by atoms with Gasteiger partial charge < -0.3 is 0 Å². The Morgan fingerprint density at radius 2 is 2.44 bits per heavy atom. The van der Waals surface area contributed by atoms with Crippen LogP contribution < -0.4 is 5.48 Å². The molecule has 0 aromatic rings. The first-order valence-electron chi connectivity index (χ1n) is 2.61. The number of nitrogens with one attached hydrogen (secondary N) is 1. The number of hydroxylamine groups is 1. The standard InChI is InChI=1S/C5H10ClNO2/c1-4(3-6)5(8)7-9-2/h4H,3H2,1-2H3,(H,7,8)/t4-/m1/s1. The van der Waals surface area contributed by atoms with Gasteiger partial charge in [-0.2, -0.15) is 0 Å². The average molecular weight is 152 g/mol. The van der Waals surface area contributed by atoms with Gasteiger partial charge in [-0.3, -0.25) is 9.63 Å². The second-order valence-electron chi connectivity index (χ2n) is 1.73. The van der Waals surface area contributed by atoms with Crippen LogP contribution in [-0.2, 0) is 9.63 Å². The van der Waals surface area contributed by atoms with Crippen LogP contribution in [0, 0.1) is 5.92 Å². The molecule has 0 aromatic carbocycles. The molecule has 1 amide bonds. The van der Waals surface area contributed by atoms with Crippen molar-refractivity contribution in [3.8, 4) is 0 Å². The van der Waals surface area contributed by atoms with Crippen molar-refractivity contribution in [3.63, 3.8) is 0 Å². The van der Waals surface area contributed by atoms with Crippen molar-refractivity contribution in [1.29, 1.82) is 0 Å². The highest BCUT2D eigenvalue weighted by Gasteiger charge is 2.09. The van der Waals surface area contributed by atoms with E-state index in [1.165, 1.54) is 7.11 Å². The Morgan fingerprint density at radius 1 is 1.89 bits per heavy atom. The lowest BCUT2D eigenvalue weighted by Gasteiger charge is -2.04. The zero-order valence-electron chi connectivity index (χ0n) is 5.48. The van der Waals surface area contributed by atoms with Crippen molar-refractivity contribution in [2.45, 2.75) is 6.92 Å². The highest BCUT2D eigenvalue weighted by atomic mass is 35.5. The summed E-state index contributed by atoms with van der Waals surface area (Å²) in [5, 5.41) is 0. The summed E-state index contributed by atoms with van der Waals surface area (Å²) in [5.74, 6) is -0.0611. The minimum Gasteiger partial charge on any atom is -0.277 e. The van der Waals surface area contributed by atoms with Crippen LogP contribution >= 0.6 is 11.6 Å². The molecular formula is C5H10ClNO2. The molecule has 0 saturated carbocycles. The predicted molar refractivity (Wildman–Crippen MR) is 35.0 cm³/mol. The van der Waals surface area contributed by atoms with Crippen molar-refractivity contribution < 1.29 is 9.63 Å². The van der Waals surface area contributed by atoms with E-state index in [0.29, 0.717) is 5.88 Å². The SMILES string of the molecule is CONC(=O)[C@H](C)CCl. The van der Waals surface area contributed by atoms with E-state index in [4.69, 9.17) is 11.6 Å². The highest BCUT2D eigenvalue weighted by molar-refractivity contribution is 6.19. The Labute approximate surface area is 59.3 Å². The van der Waals surface area contributed by atoms with Crippen LogP contribution in [0.5, 0.6) is 0 Å². The summed E-state index contributed by atoms with van der Waals surface area (Å²) in [4.78, 5) is 15.0. The highest BCUT2D eigenvalue weighted by Crippen LogP contribution is 1.96. The summed E-state index contributed by atoms with van der Waals surface area (Å²) in [5.41, 5.74) is 2.17. The molecule has 0 aromatic heterocycles. The second kappa shape index (κ2) is 4.58. The third kappa shape index (κ3) is 3.32. The van der Waals surface area contributed by atoms with Gasteiger partial charge in [-0.1, -0.05) is 6.92 Å². The summed E-state index contributed by atoms with van der Waals surface area (Å²) in [6, 6.07) is 0. The summed E-state index contributed by atoms with van der Waals surface area (Å²) in [7, 11) is 1.39. The van der Waals surface area contributed by atoms with Gasteiger partial charge in [0, 0.05) is 5.88 Å². The first-order chi connectivity index (χ1) is 4.22. The molecule has 0 bridgehead atoms. The molecule has 54 valence electrons. The molecule has 0 aliphatic rings. The van der Waals surface area contributed by atoms with E-state index < -0.39 is 0 Å². The Bertz CT molecular complexity index is 97.0. The van der Waals surface area contributed by atoms with Crippen LogP contribution in [0.4, 0.5) is 0 Å². The van der Waals surface area contributed by atoms with Gasteiger partial charge >= 0.3 is 0 Å². The fourth-order valence-electron chi connectivity index (χ4n) is 0.271. The first-order valence-corrected chi connectivity index (χ1v) is 3.14. The van der Waals surface area contributed by atoms with Gasteiger partial charge in [-0.05, 0) is 0 Å². The van der Waals surface area contributed by atoms with Crippen LogP contribution in [0.3, 0.4) is 0 Å². The average Bonchev–Trinajstić information content (AvgIpc) is 1.87. The predicted octanol–water partition coefficient (Wildman–Crippen LogP) is 0.539. The third-order valence-electron chi connectivity index (χ3n) is 0.882. The van der Waals surface area contributed by atoms with Gasteiger partial charge in [0.1, 0.15) is 0 Å². The van der Waals surface area contributed by atoms with Gasteiger partial charge in [-0.15, -0.1) is 11.6 Å². The van der Waals surface area contributed by atoms with Crippen LogP contribution in [0.1, 0.15) is 6.92 Å². The first kappa shape index (κ1) is 8.72. The van der Waals surface area contributed by atoms with Gasteiger partial charge in [0.15, 0.2) is 0 Å². The number of hydrogen-bond donors (Lipinski definition) is 1. The normalized spacial score (nSPS) is 12.8. The number of carbonyl (C=O) groups excluding carboxylic acids is 1. The molecule has 0 spiro atoms. The molecule has 0 rings (SSSR count). The zero-order chi connectivity index (χ0) is 7.28. The molecule has 0 saturated heterocycles. The fourth-order valence-corrected chi connectivity index (χ4v) is 0.411. The fraction of sp³-hybridized carbons (Fsp3) is 0.800. The lowest BCUT2D eigenvalue weighted by molar-refractivity contribution is -0.134. The van der Waals surface area contributed by atoms with E-state index in [2.05, 4.69) is 10.3 Å². The number of amides is 1. The number of halogens is 1.